The van der Waals surface area contributed by atoms with E-state index in [-0.39, 0.29) is 21.0 Å². The molecule has 0 fully saturated rings. The number of methoxy groups -OCH3 is 1. The van der Waals surface area contributed by atoms with E-state index in [1.807, 2.05) is 0 Å². The Labute approximate surface area is 126 Å². The Morgan fingerprint density at radius 1 is 1.52 bits per heavy atom. The van der Waals surface area contributed by atoms with Crippen LogP contribution in [0.15, 0.2) is 18.2 Å². The summed E-state index contributed by atoms with van der Waals surface area (Å²) >= 11 is 6.46. The van der Waals surface area contributed by atoms with Gasteiger partial charge >= 0.3 is 11.7 Å². The summed E-state index contributed by atoms with van der Waals surface area (Å²) in [4.78, 5) is 25.2. The molecule has 1 heterocycles. The van der Waals surface area contributed by atoms with E-state index >= 15 is 0 Å². The molecule has 0 saturated carbocycles. The van der Waals surface area contributed by atoms with Crippen LogP contribution in [0.25, 0.3) is 0 Å². The van der Waals surface area contributed by atoms with Crippen LogP contribution in [0.1, 0.15) is 9.67 Å². The van der Waals surface area contributed by atoms with Gasteiger partial charge in [0.2, 0.25) is 5.75 Å². The van der Waals surface area contributed by atoms with Gasteiger partial charge in [-0.1, -0.05) is 22.9 Å². The van der Waals surface area contributed by atoms with Crippen LogP contribution in [0.4, 0.5) is 10.1 Å². The predicted molar refractivity (Wildman–Crippen MR) is 71.6 cm³/mol. The molecule has 0 N–H and O–H groups in total. The van der Waals surface area contributed by atoms with Crippen molar-refractivity contribution in [1.82, 2.24) is 4.98 Å². The fraction of sp³-hybridized carbons (Fsp3) is 0.0909. The number of nitrogens with zero attached hydrogens (tertiary/aromatic N) is 2. The molecule has 2 aromatic rings. The molecule has 0 atom stereocenters. The first-order valence-electron chi connectivity index (χ1n) is 5.28. The van der Waals surface area contributed by atoms with Crippen LogP contribution in [0.3, 0.4) is 0 Å². The molecule has 7 nitrogen and oxygen atoms in total. The molecular weight excluding hydrogens is 327 g/mol. The molecule has 1 aromatic heterocycles. The van der Waals surface area contributed by atoms with Crippen LogP contribution < -0.4 is 4.74 Å². The van der Waals surface area contributed by atoms with Crippen LogP contribution in [0, 0.1) is 15.9 Å². The lowest BCUT2D eigenvalue weighted by Gasteiger charge is -2.02. The van der Waals surface area contributed by atoms with E-state index in [0.717, 1.165) is 36.6 Å². The second-order valence-corrected chi connectivity index (χ2v) is 4.88. The third-order valence-corrected chi connectivity index (χ3v) is 3.55. The molecule has 0 aliphatic heterocycles. The average molecular weight is 333 g/mol. The zero-order valence-corrected chi connectivity index (χ0v) is 11.9. The molecule has 0 aliphatic rings. The van der Waals surface area contributed by atoms with E-state index in [9.17, 15) is 19.3 Å². The third-order valence-electron chi connectivity index (χ3n) is 2.25. The van der Waals surface area contributed by atoms with Gasteiger partial charge in [-0.2, -0.15) is 4.98 Å². The van der Waals surface area contributed by atoms with Crippen LogP contribution in [0.5, 0.6) is 10.9 Å². The fourth-order valence-corrected chi connectivity index (χ4v) is 2.42. The predicted octanol–water partition coefficient (Wildman–Crippen LogP) is 3.42. The molecule has 0 spiro atoms. The molecule has 0 saturated heterocycles. The largest absolute Gasteiger partial charge is 0.465 e. The van der Waals surface area contributed by atoms with Gasteiger partial charge in [0.15, 0.2) is 10.0 Å². The summed E-state index contributed by atoms with van der Waals surface area (Å²) in [5.74, 6) is -1.78. The zero-order valence-electron chi connectivity index (χ0n) is 10.3. The Morgan fingerprint density at radius 3 is 2.86 bits per heavy atom. The van der Waals surface area contributed by atoms with E-state index in [0.29, 0.717) is 0 Å². The summed E-state index contributed by atoms with van der Waals surface area (Å²) in [6.07, 6.45) is 0. The van der Waals surface area contributed by atoms with Crippen molar-refractivity contribution < 1.29 is 23.6 Å². The normalized spacial score (nSPS) is 10.2. The molecule has 21 heavy (non-hydrogen) atoms. The minimum absolute atomic E-state index is 0.0202. The Balaban J connectivity index is 2.37. The third kappa shape index (κ3) is 3.26. The Kier molecular flexibility index (Phi) is 4.34. The Hall–Kier alpha value is -2.26. The van der Waals surface area contributed by atoms with E-state index in [1.54, 1.807) is 0 Å². The molecule has 110 valence electrons. The van der Waals surface area contributed by atoms with Crippen molar-refractivity contribution in [1.29, 1.82) is 0 Å². The van der Waals surface area contributed by atoms with E-state index in [2.05, 4.69) is 9.72 Å². The van der Waals surface area contributed by atoms with Gasteiger partial charge in [-0.05, 0) is 6.07 Å². The average Bonchev–Trinajstić information content (AvgIpc) is 2.78. The van der Waals surface area contributed by atoms with Crippen LogP contribution in [-0.2, 0) is 4.74 Å². The summed E-state index contributed by atoms with van der Waals surface area (Å²) in [5.41, 5.74) is -0.442. The van der Waals surface area contributed by atoms with Gasteiger partial charge in [-0.15, -0.1) is 0 Å². The number of aromatic nitrogens is 1. The van der Waals surface area contributed by atoms with Gasteiger partial charge in [0.25, 0.3) is 5.19 Å². The van der Waals surface area contributed by atoms with Crippen molar-refractivity contribution in [3.63, 3.8) is 0 Å². The van der Waals surface area contributed by atoms with E-state index < -0.39 is 22.4 Å². The smallest absolute Gasteiger partial charge is 0.351 e. The highest BCUT2D eigenvalue weighted by molar-refractivity contribution is 7.15. The van der Waals surface area contributed by atoms with Crippen molar-refractivity contribution in [2.45, 2.75) is 0 Å². The number of benzene rings is 1. The van der Waals surface area contributed by atoms with Gasteiger partial charge in [0.1, 0.15) is 5.82 Å². The first-order chi connectivity index (χ1) is 9.92. The number of esters is 1. The summed E-state index contributed by atoms with van der Waals surface area (Å²) in [6, 6.07) is 2.73. The topological polar surface area (TPSA) is 91.6 Å². The van der Waals surface area contributed by atoms with Crippen LogP contribution in [-0.4, -0.2) is 23.0 Å². The van der Waals surface area contributed by atoms with Gasteiger partial charge in [0, 0.05) is 12.1 Å². The van der Waals surface area contributed by atoms with Crippen molar-refractivity contribution in [3.8, 4) is 10.9 Å². The standard InChI is InChI=1S/C11H6ClFN2O5S/c1-19-10(16)8-9(12)14-11(21-8)20-7-4-5(13)2-3-6(7)15(17)18/h2-4H,1H3. The number of ether oxygens (including phenoxy) is 2. The number of hydrogen-bond donors (Lipinski definition) is 0. The van der Waals surface area contributed by atoms with Crippen molar-refractivity contribution in [3.05, 3.63) is 44.2 Å². The molecule has 0 bridgehead atoms. The molecular formula is C11H6ClFN2O5S. The molecule has 0 radical (unpaired) electrons. The van der Waals surface area contributed by atoms with Gasteiger partial charge in [0.05, 0.1) is 12.0 Å². The zero-order chi connectivity index (χ0) is 15.6. The number of thiazole rings is 1. The van der Waals surface area contributed by atoms with Crippen LogP contribution >= 0.6 is 22.9 Å². The monoisotopic (exact) mass is 332 g/mol. The van der Waals surface area contributed by atoms with Crippen molar-refractivity contribution >= 4 is 34.6 Å². The Morgan fingerprint density at radius 2 is 2.24 bits per heavy atom. The van der Waals surface area contributed by atoms with E-state index in [4.69, 9.17) is 16.3 Å². The van der Waals surface area contributed by atoms with Crippen molar-refractivity contribution in [2.24, 2.45) is 0 Å². The quantitative estimate of drug-likeness (QED) is 0.484. The summed E-state index contributed by atoms with van der Waals surface area (Å²) < 4.78 is 22.8. The highest BCUT2D eigenvalue weighted by atomic mass is 35.5. The minimum atomic E-state index is -0.731. The molecule has 0 unspecified atom stereocenters. The number of halogens is 2. The van der Waals surface area contributed by atoms with Gasteiger partial charge < -0.3 is 9.47 Å². The lowest BCUT2D eigenvalue weighted by molar-refractivity contribution is -0.385. The lowest BCUT2D eigenvalue weighted by Crippen LogP contribution is -1.98. The number of carbonyl (C=O) groups excluding carboxylic acids is 1. The first kappa shape index (κ1) is 15.1. The molecule has 0 amide bonds. The second kappa shape index (κ2) is 6.02. The fourth-order valence-electron chi connectivity index (χ4n) is 1.36. The van der Waals surface area contributed by atoms with Crippen LogP contribution in [0.2, 0.25) is 5.15 Å². The summed E-state index contributed by atoms with van der Waals surface area (Å²) in [5, 5.41) is 10.5. The molecule has 2 rings (SSSR count). The SMILES string of the molecule is COC(=O)c1sc(Oc2cc(F)ccc2[N+](=O)[O-])nc1Cl. The number of nitro benzene ring substituents is 1. The van der Waals surface area contributed by atoms with Crippen molar-refractivity contribution in [2.75, 3.05) is 7.11 Å². The van der Waals surface area contributed by atoms with E-state index in [1.165, 1.54) is 0 Å². The molecule has 0 aliphatic carbocycles. The van der Waals surface area contributed by atoms with Gasteiger partial charge in [-0.3, -0.25) is 10.1 Å². The number of hydrogen-bond acceptors (Lipinski definition) is 7. The first-order valence-corrected chi connectivity index (χ1v) is 6.48. The second-order valence-electron chi connectivity index (χ2n) is 3.56. The number of carbonyl (C=O) groups is 1. The number of nitro groups is 1. The maximum atomic E-state index is 13.2. The lowest BCUT2D eigenvalue weighted by atomic mass is 10.3. The molecule has 1 aromatic carbocycles. The number of rotatable bonds is 4. The highest BCUT2D eigenvalue weighted by Gasteiger charge is 2.22. The Bertz CT molecular complexity index is 721. The van der Waals surface area contributed by atoms with Gasteiger partial charge in [-0.25, -0.2) is 9.18 Å². The maximum Gasteiger partial charge on any atom is 0.351 e. The maximum absolute atomic E-state index is 13.2. The summed E-state index contributed by atoms with van der Waals surface area (Å²) in [7, 11) is 1.16. The minimum Gasteiger partial charge on any atom is -0.465 e. The summed E-state index contributed by atoms with van der Waals surface area (Å²) in [6.45, 7) is 0. The molecule has 10 heteroatoms. The highest BCUT2D eigenvalue weighted by Crippen LogP contribution is 2.36.